The molecule has 144 valence electrons. The van der Waals surface area contributed by atoms with Gasteiger partial charge in [0.15, 0.2) is 5.76 Å². The average molecular weight is 378 g/mol. The summed E-state index contributed by atoms with van der Waals surface area (Å²) in [6, 6.07) is 7.47. The van der Waals surface area contributed by atoms with Gasteiger partial charge in [0, 0.05) is 23.7 Å². The van der Waals surface area contributed by atoms with Crippen molar-refractivity contribution in [2.45, 2.75) is 50.6 Å². The fourth-order valence-corrected chi connectivity index (χ4v) is 5.70. The van der Waals surface area contributed by atoms with E-state index in [9.17, 15) is 13.2 Å². The van der Waals surface area contributed by atoms with Crippen molar-refractivity contribution in [2.75, 3.05) is 0 Å². The average Bonchev–Trinajstić information content (AvgIpc) is 3.23. The van der Waals surface area contributed by atoms with Crippen LogP contribution < -0.4 is 10.1 Å². The number of hydrogen-bond donors (Lipinski definition) is 1. The van der Waals surface area contributed by atoms with Gasteiger partial charge in [-0.25, -0.2) is 0 Å². The fraction of sp³-hybridized carbons (Fsp3) is 0.550. The molecule has 1 aromatic carbocycles. The first kappa shape index (κ1) is 17.1. The molecule has 7 heteroatoms. The SMILES string of the molecule is FC(F)(F)Oc1ccc(-c2cc(CNC34CC5CC(CC3C5)C4)no2)cc1. The lowest BCUT2D eigenvalue weighted by atomic mass is 9.80. The van der Waals surface area contributed by atoms with Crippen LogP contribution in [0.2, 0.25) is 0 Å². The predicted octanol–water partition coefficient (Wildman–Crippen LogP) is 4.91. The van der Waals surface area contributed by atoms with Crippen LogP contribution in [0.5, 0.6) is 5.75 Å². The van der Waals surface area contributed by atoms with E-state index in [1.807, 2.05) is 6.07 Å². The van der Waals surface area contributed by atoms with E-state index in [1.54, 1.807) is 0 Å². The highest BCUT2D eigenvalue weighted by Crippen LogP contribution is 2.60. The van der Waals surface area contributed by atoms with Gasteiger partial charge in [-0.3, -0.25) is 0 Å². The van der Waals surface area contributed by atoms with Crippen molar-refractivity contribution in [1.29, 1.82) is 0 Å². The maximum absolute atomic E-state index is 12.2. The zero-order valence-corrected chi connectivity index (χ0v) is 14.8. The van der Waals surface area contributed by atoms with Crippen LogP contribution in [0.4, 0.5) is 13.2 Å². The maximum Gasteiger partial charge on any atom is 0.573 e. The molecule has 4 nitrogen and oxygen atoms in total. The normalized spacial score (nSPS) is 31.6. The Hall–Kier alpha value is -2.02. The van der Waals surface area contributed by atoms with Crippen LogP contribution in [0.3, 0.4) is 0 Å². The van der Waals surface area contributed by atoms with Gasteiger partial charge in [-0.15, -0.1) is 13.2 Å². The van der Waals surface area contributed by atoms with Crippen molar-refractivity contribution >= 4 is 0 Å². The third-order valence-corrected chi connectivity index (χ3v) is 6.54. The monoisotopic (exact) mass is 378 g/mol. The van der Waals surface area contributed by atoms with Gasteiger partial charge < -0.3 is 14.6 Å². The van der Waals surface area contributed by atoms with Crippen molar-refractivity contribution < 1.29 is 22.4 Å². The van der Waals surface area contributed by atoms with Crippen LogP contribution in [0.15, 0.2) is 34.9 Å². The van der Waals surface area contributed by atoms with Crippen LogP contribution in [0.25, 0.3) is 11.3 Å². The number of aromatic nitrogens is 1. The van der Waals surface area contributed by atoms with Crippen molar-refractivity contribution in [3.05, 3.63) is 36.0 Å². The van der Waals surface area contributed by atoms with Gasteiger partial charge in [-0.05, 0) is 74.1 Å². The molecule has 0 saturated heterocycles. The lowest BCUT2D eigenvalue weighted by Crippen LogP contribution is -2.45. The first-order chi connectivity index (χ1) is 12.9. The molecule has 1 aromatic heterocycles. The van der Waals surface area contributed by atoms with E-state index in [2.05, 4.69) is 15.2 Å². The highest BCUT2D eigenvalue weighted by Gasteiger charge is 2.57. The number of nitrogens with zero attached hydrogens (tertiary/aromatic N) is 1. The lowest BCUT2D eigenvalue weighted by molar-refractivity contribution is -0.274. The minimum atomic E-state index is -4.69. The van der Waals surface area contributed by atoms with Crippen LogP contribution >= 0.6 is 0 Å². The Morgan fingerprint density at radius 3 is 2.48 bits per heavy atom. The molecule has 2 aromatic rings. The Kier molecular flexibility index (Phi) is 3.79. The van der Waals surface area contributed by atoms with Crippen LogP contribution in [-0.2, 0) is 6.54 Å². The molecule has 6 rings (SSSR count). The molecule has 4 saturated carbocycles. The standard InChI is InChI=1S/C20H21F3N2O2/c21-20(22,23)26-17-3-1-14(2-4-17)18-8-16(25-27-18)11-24-19-9-12-5-13(10-19)7-15(19)6-12/h1-4,8,12-13,15,24H,5-7,9-11H2. The van der Waals surface area contributed by atoms with E-state index < -0.39 is 6.36 Å². The zero-order valence-electron chi connectivity index (χ0n) is 14.8. The number of hydrogen-bond acceptors (Lipinski definition) is 4. The summed E-state index contributed by atoms with van der Waals surface area (Å²) in [6.45, 7) is 0.661. The van der Waals surface area contributed by atoms with Crippen LogP contribution in [0, 0.1) is 17.8 Å². The highest BCUT2D eigenvalue weighted by molar-refractivity contribution is 5.58. The summed E-state index contributed by atoms with van der Waals surface area (Å²) < 4.78 is 46.0. The molecule has 4 fully saturated rings. The van der Waals surface area contributed by atoms with Gasteiger partial charge in [-0.2, -0.15) is 0 Å². The third kappa shape index (κ3) is 3.22. The summed E-state index contributed by atoms with van der Waals surface area (Å²) >= 11 is 0. The largest absolute Gasteiger partial charge is 0.573 e. The molecule has 1 heterocycles. The molecule has 0 spiro atoms. The Labute approximate surface area is 155 Å². The molecule has 4 aliphatic carbocycles. The molecule has 0 aliphatic heterocycles. The number of ether oxygens (including phenoxy) is 1. The summed E-state index contributed by atoms with van der Waals surface area (Å²) in [7, 11) is 0. The van der Waals surface area contributed by atoms with Crippen LogP contribution in [0.1, 0.15) is 37.8 Å². The smallest absolute Gasteiger partial charge is 0.406 e. The molecular weight excluding hydrogens is 357 g/mol. The molecule has 2 atom stereocenters. The summed E-state index contributed by atoms with van der Waals surface area (Å²) in [6.07, 6.45) is 1.99. The molecule has 1 N–H and O–H groups in total. The van der Waals surface area contributed by atoms with Crippen molar-refractivity contribution in [3.8, 4) is 17.1 Å². The number of benzene rings is 1. The second kappa shape index (κ2) is 5.99. The Morgan fingerprint density at radius 1 is 1.11 bits per heavy atom. The molecule has 27 heavy (non-hydrogen) atoms. The minimum Gasteiger partial charge on any atom is -0.406 e. The fourth-order valence-electron chi connectivity index (χ4n) is 5.70. The van der Waals surface area contributed by atoms with E-state index >= 15 is 0 Å². The van der Waals surface area contributed by atoms with Gasteiger partial charge in [-0.1, -0.05) is 5.16 Å². The molecule has 0 radical (unpaired) electrons. The molecule has 4 aliphatic rings. The quantitative estimate of drug-likeness (QED) is 0.803. The van der Waals surface area contributed by atoms with Crippen LogP contribution in [-0.4, -0.2) is 17.1 Å². The van der Waals surface area contributed by atoms with E-state index in [-0.39, 0.29) is 11.3 Å². The molecule has 4 bridgehead atoms. The number of halogens is 3. The van der Waals surface area contributed by atoms with Gasteiger partial charge in [0.05, 0.1) is 5.69 Å². The molecular formula is C20H21F3N2O2. The molecule has 2 unspecified atom stereocenters. The van der Waals surface area contributed by atoms with Gasteiger partial charge >= 0.3 is 6.36 Å². The van der Waals surface area contributed by atoms with E-state index in [0.29, 0.717) is 17.9 Å². The number of nitrogens with one attached hydrogen (secondary N) is 1. The highest BCUT2D eigenvalue weighted by atomic mass is 19.4. The van der Waals surface area contributed by atoms with Gasteiger partial charge in [0.1, 0.15) is 5.75 Å². The lowest BCUT2D eigenvalue weighted by Gasteiger charge is -2.33. The Balaban J connectivity index is 1.24. The Bertz CT molecular complexity index is 816. The maximum atomic E-state index is 12.2. The van der Waals surface area contributed by atoms with E-state index in [1.165, 1.54) is 56.4 Å². The summed E-state index contributed by atoms with van der Waals surface area (Å²) in [5, 5.41) is 7.89. The number of rotatable bonds is 5. The first-order valence-electron chi connectivity index (χ1n) is 9.45. The third-order valence-electron chi connectivity index (χ3n) is 6.54. The second-order valence-electron chi connectivity index (χ2n) is 8.31. The van der Waals surface area contributed by atoms with Gasteiger partial charge in [0.2, 0.25) is 0 Å². The van der Waals surface area contributed by atoms with Crippen molar-refractivity contribution in [1.82, 2.24) is 10.5 Å². The number of alkyl halides is 3. The minimum absolute atomic E-state index is 0.251. The summed E-state index contributed by atoms with van der Waals surface area (Å²) in [5.74, 6) is 2.87. The summed E-state index contributed by atoms with van der Waals surface area (Å²) in [4.78, 5) is 0. The molecule has 0 amide bonds. The van der Waals surface area contributed by atoms with E-state index in [0.717, 1.165) is 23.4 Å². The second-order valence-corrected chi connectivity index (χ2v) is 8.31. The summed E-state index contributed by atoms with van der Waals surface area (Å²) in [5.41, 5.74) is 1.77. The van der Waals surface area contributed by atoms with E-state index in [4.69, 9.17) is 4.52 Å². The zero-order chi connectivity index (χ0) is 18.6. The topological polar surface area (TPSA) is 47.3 Å². The first-order valence-corrected chi connectivity index (χ1v) is 9.45. The van der Waals surface area contributed by atoms with Gasteiger partial charge in [0.25, 0.3) is 0 Å². The Morgan fingerprint density at radius 2 is 1.81 bits per heavy atom. The van der Waals surface area contributed by atoms with Crippen molar-refractivity contribution in [2.24, 2.45) is 17.8 Å². The predicted molar refractivity (Wildman–Crippen MR) is 91.7 cm³/mol. The van der Waals surface area contributed by atoms with Crippen molar-refractivity contribution in [3.63, 3.8) is 0 Å².